The molecule has 3 aromatic heterocycles. The van der Waals surface area contributed by atoms with E-state index < -0.39 is 0 Å². The van der Waals surface area contributed by atoms with Crippen molar-refractivity contribution in [3.05, 3.63) is 53.2 Å². The standard InChI is InChI=1S/C27H28N4S3/c1-26(2)13-18-14-27(3,15-26)16-31(18)25(32)28-17-8-9-19-20(12-17)30-24(22-7-5-11-34-22)23(29-19)21-6-4-10-33-21/h4-12,18H,13-16H2,1-3H3,(H,28,32)/t18-,27+/m0/s1. The highest BCUT2D eigenvalue weighted by Gasteiger charge is 2.50. The molecular weight excluding hydrogens is 477 g/mol. The molecular formula is C27H28N4S3. The van der Waals surface area contributed by atoms with Crippen molar-refractivity contribution >= 4 is 56.7 Å². The summed E-state index contributed by atoms with van der Waals surface area (Å²) in [5.41, 5.74) is 5.35. The van der Waals surface area contributed by atoms with Gasteiger partial charge in [0.25, 0.3) is 0 Å². The summed E-state index contributed by atoms with van der Waals surface area (Å²) in [7, 11) is 0. The monoisotopic (exact) mass is 504 g/mol. The van der Waals surface area contributed by atoms with Gasteiger partial charge in [-0.05, 0) is 83.4 Å². The molecule has 0 unspecified atom stereocenters. The number of likely N-dealkylation sites (tertiary alicyclic amines) is 1. The van der Waals surface area contributed by atoms with Gasteiger partial charge >= 0.3 is 0 Å². The van der Waals surface area contributed by atoms with Gasteiger partial charge < -0.3 is 10.2 Å². The van der Waals surface area contributed by atoms with Crippen LogP contribution in [-0.2, 0) is 0 Å². The quantitative estimate of drug-likeness (QED) is 0.290. The zero-order valence-corrected chi connectivity index (χ0v) is 22.1. The van der Waals surface area contributed by atoms with E-state index in [0.717, 1.165) is 49.5 Å². The van der Waals surface area contributed by atoms with Crippen LogP contribution in [0, 0.1) is 10.8 Å². The molecule has 4 aromatic rings. The van der Waals surface area contributed by atoms with E-state index in [4.69, 9.17) is 22.2 Å². The van der Waals surface area contributed by atoms with E-state index in [9.17, 15) is 0 Å². The van der Waals surface area contributed by atoms with Crippen LogP contribution in [0.5, 0.6) is 0 Å². The Morgan fingerprint density at radius 1 is 0.971 bits per heavy atom. The molecule has 7 heteroatoms. The van der Waals surface area contributed by atoms with Gasteiger partial charge in [0.05, 0.1) is 20.8 Å². The molecule has 1 N–H and O–H groups in total. The molecule has 1 saturated heterocycles. The number of nitrogens with zero attached hydrogens (tertiary/aromatic N) is 3. The van der Waals surface area contributed by atoms with Gasteiger partial charge in [-0.25, -0.2) is 9.97 Å². The maximum absolute atomic E-state index is 5.91. The number of benzene rings is 1. The molecule has 4 heterocycles. The number of nitrogens with one attached hydrogen (secondary N) is 1. The summed E-state index contributed by atoms with van der Waals surface area (Å²) in [5, 5.41) is 8.52. The van der Waals surface area contributed by atoms with Crippen LogP contribution in [0.1, 0.15) is 40.0 Å². The molecule has 174 valence electrons. The lowest BCUT2D eigenvalue weighted by Gasteiger charge is -2.39. The SMILES string of the molecule is CC1(C)C[C@H]2C[C@@](C)(CN2C(=S)Nc2ccc3nc(-c4cccs4)c(-c4cccs4)nc3c2)C1. The fraction of sp³-hybridized carbons (Fsp3) is 0.370. The Balaban J connectivity index is 1.32. The zero-order valence-electron chi connectivity index (χ0n) is 19.7. The number of rotatable bonds is 3. The van der Waals surface area contributed by atoms with Gasteiger partial charge in [-0.15, -0.1) is 22.7 Å². The van der Waals surface area contributed by atoms with E-state index in [-0.39, 0.29) is 0 Å². The number of thiocarbonyl (C=S) groups is 1. The number of fused-ring (bicyclic) bond motifs is 3. The van der Waals surface area contributed by atoms with Gasteiger partial charge in [0.15, 0.2) is 5.11 Å². The average molecular weight is 505 g/mol. The van der Waals surface area contributed by atoms with Crippen molar-refractivity contribution in [1.82, 2.24) is 14.9 Å². The summed E-state index contributed by atoms with van der Waals surface area (Å²) < 4.78 is 0. The second kappa shape index (κ2) is 8.11. The third kappa shape index (κ3) is 4.04. The Kier molecular flexibility index (Phi) is 5.28. The molecule has 1 aliphatic carbocycles. The van der Waals surface area contributed by atoms with Gasteiger partial charge in [0.1, 0.15) is 11.4 Å². The zero-order chi connectivity index (χ0) is 23.5. The highest BCUT2D eigenvalue weighted by Crippen LogP contribution is 2.52. The van der Waals surface area contributed by atoms with E-state index in [2.05, 4.69) is 84.2 Å². The van der Waals surface area contributed by atoms with Gasteiger partial charge in [-0.1, -0.05) is 32.9 Å². The van der Waals surface area contributed by atoms with Crippen LogP contribution in [0.2, 0.25) is 0 Å². The Morgan fingerprint density at radius 2 is 1.65 bits per heavy atom. The van der Waals surface area contributed by atoms with E-state index in [1.807, 2.05) is 0 Å². The van der Waals surface area contributed by atoms with Gasteiger partial charge in [-0.2, -0.15) is 0 Å². The van der Waals surface area contributed by atoms with Gasteiger partial charge in [0, 0.05) is 18.3 Å². The van der Waals surface area contributed by atoms with E-state index in [0.29, 0.717) is 16.9 Å². The van der Waals surface area contributed by atoms with Gasteiger partial charge in [-0.3, -0.25) is 0 Å². The lowest BCUT2D eigenvalue weighted by molar-refractivity contribution is 0.132. The first-order valence-corrected chi connectivity index (χ1v) is 13.9. The molecule has 0 radical (unpaired) electrons. The van der Waals surface area contributed by atoms with Crippen LogP contribution in [0.25, 0.3) is 32.2 Å². The number of thiophene rings is 2. The van der Waals surface area contributed by atoms with E-state index >= 15 is 0 Å². The number of hydrogen-bond donors (Lipinski definition) is 1. The van der Waals surface area contributed by atoms with Crippen LogP contribution in [0.4, 0.5) is 5.69 Å². The maximum atomic E-state index is 5.91. The third-order valence-electron chi connectivity index (χ3n) is 7.10. The van der Waals surface area contributed by atoms with Gasteiger partial charge in [0.2, 0.25) is 0 Å². The Bertz CT molecular complexity index is 1360. The molecule has 6 rings (SSSR count). The molecule has 2 aliphatic rings. The average Bonchev–Trinajstić information content (AvgIpc) is 3.53. The second-order valence-electron chi connectivity index (χ2n) is 10.9. The largest absolute Gasteiger partial charge is 0.345 e. The fourth-order valence-electron chi connectivity index (χ4n) is 6.19. The molecule has 2 atom stereocenters. The highest BCUT2D eigenvalue weighted by atomic mass is 32.1. The fourth-order valence-corrected chi connectivity index (χ4v) is 7.96. The summed E-state index contributed by atoms with van der Waals surface area (Å²) in [6, 6.07) is 15.1. The van der Waals surface area contributed by atoms with Crippen LogP contribution >= 0.6 is 34.9 Å². The minimum atomic E-state index is 0.348. The summed E-state index contributed by atoms with van der Waals surface area (Å²) in [6.45, 7) is 8.25. The number of hydrogen-bond acceptors (Lipinski definition) is 5. The number of anilines is 1. The lowest BCUT2D eigenvalue weighted by Crippen LogP contribution is -2.39. The van der Waals surface area contributed by atoms with Crippen molar-refractivity contribution in [2.24, 2.45) is 10.8 Å². The predicted octanol–water partition coefficient (Wildman–Crippen LogP) is 7.68. The normalized spacial score (nSPS) is 23.4. The summed E-state index contributed by atoms with van der Waals surface area (Å²) in [5.74, 6) is 0. The highest BCUT2D eigenvalue weighted by molar-refractivity contribution is 7.80. The van der Waals surface area contributed by atoms with Crippen molar-refractivity contribution in [3.8, 4) is 21.1 Å². The van der Waals surface area contributed by atoms with Crippen molar-refractivity contribution in [2.45, 2.75) is 46.1 Å². The Morgan fingerprint density at radius 3 is 2.29 bits per heavy atom. The first-order chi connectivity index (χ1) is 16.3. The molecule has 1 saturated carbocycles. The molecule has 4 nitrogen and oxygen atoms in total. The van der Waals surface area contributed by atoms with Crippen molar-refractivity contribution in [2.75, 3.05) is 11.9 Å². The summed E-state index contributed by atoms with van der Waals surface area (Å²) >= 11 is 9.31. The van der Waals surface area contributed by atoms with E-state index in [1.54, 1.807) is 22.7 Å². The minimum Gasteiger partial charge on any atom is -0.345 e. The lowest BCUT2D eigenvalue weighted by atomic mass is 9.65. The topological polar surface area (TPSA) is 41.0 Å². The first-order valence-electron chi connectivity index (χ1n) is 11.8. The van der Waals surface area contributed by atoms with Crippen molar-refractivity contribution < 1.29 is 0 Å². The molecule has 34 heavy (non-hydrogen) atoms. The van der Waals surface area contributed by atoms with Crippen LogP contribution in [0.3, 0.4) is 0 Å². The molecule has 0 spiro atoms. The second-order valence-corrected chi connectivity index (χ2v) is 13.1. The van der Waals surface area contributed by atoms with Crippen molar-refractivity contribution in [3.63, 3.8) is 0 Å². The third-order valence-corrected chi connectivity index (χ3v) is 9.19. The van der Waals surface area contributed by atoms with Crippen LogP contribution in [0.15, 0.2) is 53.2 Å². The summed E-state index contributed by atoms with van der Waals surface area (Å²) in [4.78, 5) is 14.8. The predicted molar refractivity (Wildman–Crippen MR) is 149 cm³/mol. The molecule has 1 aromatic carbocycles. The maximum Gasteiger partial charge on any atom is 0.173 e. The Labute approximate surface area is 214 Å². The number of aromatic nitrogens is 2. The van der Waals surface area contributed by atoms with Crippen LogP contribution in [-0.4, -0.2) is 32.6 Å². The van der Waals surface area contributed by atoms with Crippen molar-refractivity contribution in [1.29, 1.82) is 0 Å². The molecule has 2 bridgehead atoms. The molecule has 0 amide bonds. The molecule has 2 fully saturated rings. The van der Waals surface area contributed by atoms with E-state index in [1.165, 1.54) is 19.3 Å². The van der Waals surface area contributed by atoms with Crippen LogP contribution < -0.4 is 5.32 Å². The smallest absolute Gasteiger partial charge is 0.173 e. The molecule has 1 aliphatic heterocycles. The summed E-state index contributed by atoms with van der Waals surface area (Å²) in [6.07, 6.45) is 3.69. The Hall–Kier alpha value is -2.35. The first kappa shape index (κ1) is 22.1. The minimum absolute atomic E-state index is 0.348.